The molecule has 34 heavy (non-hydrogen) atoms. The van der Waals surface area contributed by atoms with Crippen molar-refractivity contribution in [3.63, 3.8) is 0 Å². The highest BCUT2D eigenvalue weighted by Gasteiger charge is 2.50. The number of benzene rings is 1. The molecule has 2 heterocycles. The molecule has 1 aromatic rings. The van der Waals surface area contributed by atoms with E-state index >= 15 is 0 Å². The van der Waals surface area contributed by atoms with Gasteiger partial charge in [-0.25, -0.2) is 0 Å². The molecule has 0 aromatic heterocycles. The fraction of sp³-hybridized carbons (Fsp3) is 0.560. The van der Waals surface area contributed by atoms with Crippen LogP contribution in [0, 0.1) is 0 Å². The summed E-state index contributed by atoms with van der Waals surface area (Å²) in [5.74, 6) is -0.512. The molecule has 0 unspecified atom stereocenters. The number of amides is 2. The van der Waals surface area contributed by atoms with Crippen molar-refractivity contribution in [2.24, 2.45) is 5.16 Å². The zero-order valence-electron chi connectivity index (χ0n) is 19.8. The zero-order valence-corrected chi connectivity index (χ0v) is 19.8. The molecule has 1 aromatic carbocycles. The lowest BCUT2D eigenvalue weighted by atomic mass is 9.83. The Balaban J connectivity index is 1.35. The van der Waals surface area contributed by atoms with Gasteiger partial charge in [-0.15, -0.1) is 0 Å². The SMILES string of the molecule is C/C(=N\OCCCCCCN1C(=O)C=CC1=O)[C@]1(O)[C@H](O)C[C@H](OCc2ccccc2)O[C@H]1C. The van der Waals surface area contributed by atoms with Crippen LogP contribution in [-0.2, 0) is 30.5 Å². The number of unbranched alkanes of at least 4 members (excludes halogenated alkanes) is 3. The number of nitrogens with zero attached hydrogens (tertiary/aromatic N) is 2. The highest BCUT2D eigenvalue weighted by atomic mass is 16.7. The molecule has 2 aliphatic rings. The molecule has 1 fully saturated rings. The number of imide groups is 1. The molecule has 186 valence electrons. The molecule has 9 heteroatoms. The maximum atomic E-state index is 11.5. The number of ether oxygens (including phenoxy) is 2. The maximum Gasteiger partial charge on any atom is 0.253 e. The third-order valence-electron chi connectivity index (χ3n) is 6.23. The fourth-order valence-corrected chi connectivity index (χ4v) is 4.08. The summed E-state index contributed by atoms with van der Waals surface area (Å²) in [4.78, 5) is 29.6. The average Bonchev–Trinajstić information content (AvgIpc) is 3.15. The molecule has 9 nitrogen and oxygen atoms in total. The topological polar surface area (TPSA) is 118 Å². The van der Waals surface area contributed by atoms with Crippen LogP contribution in [0.4, 0.5) is 0 Å². The normalized spacial score (nSPS) is 27.5. The Morgan fingerprint density at radius 3 is 2.50 bits per heavy atom. The van der Waals surface area contributed by atoms with Crippen molar-refractivity contribution in [2.75, 3.05) is 13.2 Å². The smallest absolute Gasteiger partial charge is 0.253 e. The molecule has 0 aliphatic carbocycles. The molecule has 1 saturated heterocycles. The second-order valence-corrected chi connectivity index (χ2v) is 8.67. The van der Waals surface area contributed by atoms with Gasteiger partial charge in [-0.1, -0.05) is 41.9 Å². The third kappa shape index (κ3) is 6.50. The summed E-state index contributed by atoms with van der Waals surface area (Å²) in [7, 11) is 0. The molecule has 2 aliphatic heterocycles. The van der Waals surface area contributed by atoms with E-state index < -0.39 is 24.1 Å². The Hall–Kier alpha value is -2.59. The number of carbonyl (C=O) groups excluding carboxylic acids is 2. The van der Waals surface area contributed by atoms with Crippen LogP contribution >= 0.6 is 0 Å². The summed E-state index contributed by atoms with van der Waals surface area (Å²) < 4.78 is 11.6. The summed E-state index contributed by atoms with van der Waals surface area (Å²) in [5, 5.41) is 25.8. The Bertz CT molecular complexity index is 857. The van der Waals surface area contributed by atoms with Crippen molar-refractivity contribution in [2.45, 2.75) is 76.7 Å². The number of carbonyl (C=O) groups is 2. The minimum absolute atomic E-state index is 0.109. The van der Waals surface area contributed by atoms with Crippen molar-refractivity contribution in [1.29, 1.82) is 0 Å². The van der Waals surface area contributed by atoms with Gasteiger partial charge in [-0.3, -0.25) is 14.5 Å². The lowest BCUT2D eigenvalue weighted by molar-refractivity contribution is -0.266. The summed E-state index contributed by atoms with van der Waals surface area (Å²) in [6.07, 6.45) is 3.36. The van der Waals surface area contributed by atoms with Crippen molar-refractivity contribution < 1.29 is 34.1 Å². The monoisotopic (exact) mass is 474 g/mol. The van der Waals surface area contributed by atoms with Crippen molar-refractivity contribution in [1.82, 2.24) is 4.90 Å². The quantitative estimate of drug-likeness (QED) is 0.207. The van der Waals surface area contributed by atoms with Gasteiger partial charge in [0.1, 0.15) is 6.61 Å². The molecular weight excluding hydrogens is 440 g/mol. The second-order valence-electron chi connectivity index (χ2n) is 8.67. The van der Waals surface area contributed by atoms with E-state index in [1.54, 1.807) is 13.8 Å². The van der Waals surface area contributed by atoms with E-state index in [0.29, 0.717) is 19.8 Å². The predicted molar refractivity (Wildman–Crippen MR) is 125 cm³/mol. The molecule has 0 radical (unpaired) electrons. The van der Waals surface area contributed by atoms with E-state index in [4.69, 9.17) is 14.3 Å². The van der Waals surface area contributed by atoms with Gasteiger partial charge in [0, 0.05) is 25.1 Å². The largest absolute Gasteiger partial charge is 0.396 e. The summed E-state index contributed by atoms with van der Waals surface area (Å²) in [6, 6.07) is 9.66. The zero-order chi connectivity index (χ0) is 24.6. The Kier molecular flexibility index (Phi) is 9.35. The van der Waals surface area contributed by atoms with Crippen LogP contribution in [0.2, 0.25) is 0 Å². The summed E-state index contributed by atoms with van der Waals surface area (Å²) in [5.41, 5.74) is -0.432. The van der Waals surface area contributed by atoms with E-state index in [1.807, 2.05) is 30.3 Å². The first kappa shape index (κ1) is 26.0. The first-order valence-electron chi connectivity index (χ1n) is 11.7. The van der Waals surface area contributed by atoms with E-state index in [0.717, 1.165) is 31.2 Å². The average molecular weight is 475 g/mol. The number of hydrogen-bond acceptors (Lipinski definition) is 8. The minimum atomic E-state index is -1.67. The molecule has 3 rings (SSSR count). The first-order chi connectivity index (χ1) is 16.3. The van der Waals surface area contributed by atoms with Gasteiger partial charge < -0.3 is 24.5 Å². The summed E-state index contributed by atoms with van der Waals surface area (Å²) in [6.45, 7) is 4.39. The predicted octanol–water partition coefficient (Wildman–Crippen LogP) is 2.31. The lowest BCUT2D eigenvalue weighted by Gasteiger charge is -2.44. The molecule has 0 bridgehead atoms. The molecule has 2 amide bonds. The number of oxime groups is 1. The molecule has 2 N–H and O–H groups in total. The Labute approximate surface area is 200 Å². The van der Waals surface area contributed by atoms with Gasteiger partial charge in [0.25, 0.3) is 11.8 Å². The second kappa shape index (κ2) is 12.2. The van der Waals surface area contributed by atoms with Crippen molar-refractivity contribution in [3.8, 4) is 0 Å². The maximum absolute atomic E-state index is 11.5. The minimum Gasteiger partial charge on any atom is -0.396 e. The van der Waals surface area contributed by atoms with Crippen LogP contribution < -0.4 is 0 Å². The van der Waals surface area contributed by atoms with Gasteiger partial charge in [0.15, 0.2) is 11.9 Å². The van der Waals surface area contributed by atoms with E-state index in [9.17, 15) is 19.8 Å². The van der Waals surface area contributed by atoms with E-state index in [2.05, 4.69) is 5.16 Å². The fourth-order valence-electron chi connectivity index (χ4n) is 4.08. The van der Waals surface area contributed by atoms with Gasteiger partial charge in [0.2, 0.25) is 0 Å². The molecule has 4 atom stereocenters. The van der Waals surface area contributed by atoms with Crippen LogP contribution in [0.5, 0.6) is 0 Å². The number of aliphatic hydroxyl groups is 2. The summed E-state index contributed by atoms with van der Waals surface area (Å²) >= 11 is 0. The standard InChI is InChI=1S/C25H34N2O7/c1-18(26-33-15-9-4-3-8-14-27-22(29)12-13-23(27)30)25(31)19(2)34-24(16-21(25)28)32-17-20-10-6-5-7-11-20/h5-7,10-13,19,21,24,28,31H,3-4,8-9,14-17H2,1-2H3/b26-18+/t19-,21+,24+,25+/m0/s1. The van der Waals surface area contributed by atoms with Crippen LogP contribution in [-0.4, -0.2) is 69.9 Å². The van der Waals surface area contributed by atoms with Crippen LogP contribution in [0.3, 0.4) is 0 Å². The van der Waals surface area contributed by atoms with Crippen LogP contribution in [0.15, 0.2) is 47.6 Å². The van der Waals surface area contributed by atoms with Crippen molar-refractivity contribution >= 4 is 17.5 Å². The van der Waals surface area contributed by atoms with Gasteiger partial charge in [-0.05, 0) is 38.7 Å². The molecule has 0 spiro atoms. The van der Waals surface area contributed by atoms with Gasteiger partial charge in [0.05, 0.1) is 24.5 Å². The van der Waals surface area contributed by atoms with Gasteiger partial charge in [-0.2, -0.15) is 0 Å². The van der Waals surface area contributed by atoms with Gasteiger partial charge >= 0.3 is 0 Å². The Morgan fingerprint density at radius 2 is 1.82 bits per heavy atom. The third-order valence-corrected chi connectivity index (χ3v) is 6.23. The highest BCUT2D eigenvalue weighted by molar-refractivity contribution is 6.12. The van der Waals surface area contributed by atoms with E-state index in [-0.39, 0.29) is 23.9 Å². The number of hydrogen-bond donors (Lipinski definition) is 2. The highest BCUT2D eigenvalue weighted by Crippen LogP contribution is 2.32. The van der Waals surface area contributed by atoms with E-state index in [1.165, 1.54) is 17.1 Å². The number of aliphatic hydroxyl groups excluding tert-OH is 1. The molecular formula is C25H34N2O7. The lowest BCUT2D eigenvalue weighted by Crippen LogP contribution is -2.62. The van der Waals surface area contributed by atoms with Crippen molar-refractivity contribution in [3.05, 3.63) is 48.0 Å². The molecule has 0 saturated carbocycles. The Morgan fingerprint density at radius 1 is 1.15 bits per heavy atom. The number of rotatable bonds is 12. The first-order valence-corrected chi connectivity index (χ1v) is 11.7. The van der Waals surface area contributed by atoms with Crippen LogP contribution in [0.25, 0.3) is 0 Å². The van der Waals surface area contributed by atoms with Crippen LogP contribution in [0.1, 0.15) is 51.5 Å².